The number of rotatable bonds is 8. The normalized spacial score (nSPS) is 11.9. The number of carbonyl (C=O) groups is 1. The predicted octanol–water partition coefficient (Wildman–Crippen LogP) is 0.548. The van der Waals surface area contributed by atoms with Gasteiger partial charge in [-0.2, -0.15) is 0 Å². The zero-order valence-electron chi connectivity index (χ0n) is 9.10. The van der Waals surface area contributed by atoms with Crippen LogP contribution < -0.4 is 0 Å². The largest absolute Gasteiger partial charge is 0.480 e. The van der Waals surface area contributed by atoms with E-state index in [4.69, 9.17) is 9.84 Å². The molecule has 0 spiro atoms. The Morgan fingerprint density at radius 2 is 1.93 bits per heavy atom. The maximum atomic E-state index is 11.1. The number of carboxylic acid groups (broad SMARTS) is 1. The van der Waals surface area contributed by atoms with Crippen LogP contribution in [-0.2, 0) is 19.4 Å². The molecule has 0 aliphatic rings. The van der Waals surface area contributed by atoms with Crippen molar-refractivity contribution in [2.24, 2.45) is 5.92 Å². The van der Waals surface area contributed by atoms with Crippen molar-refractivity contribution in [3.05, 3.63) is 0 Å². The van der Waals surface area contributed by atoms with E-state index >= 15 is 0 Å². The van der Waals surface area contributed by atoms with Gasteiger partial charge in [-0.25, -0.2) is 8.42 Å². The molecule has 6 heteroatoms. The molecule has 0 aromatic heterocycles. The zero-order chi connectivity index (χ0) is 11.9. The zero-order valence-corrected chi connectivity index (χ0v) is 9.92. The van der Waals surface area contributed by atoms with Crippen LogP contribution in [0.5, 0.6) is 0 Å². The quantitative estimate of drug-likeness (QED) is 0.624. The lowest BCUT2D eigenvalue weighted by Crippen LogP contribution is -2.21. The van der Waals surface area contributed by atoms with E-state index < -0.39 is 21.6 Å². The van der Waals surface area contributed by atoms with Gasteiger partial charge in [0, 0.05) is 6.61 Å². The molecular formula is C9H18O5S. The van der Waals surface area contributed by atoms with Gasteiger partial charge in [0.2, 0.25) is 0 Å². The Kier molecular flexibility index (Phi) is 6.51. The number of sulfone groups is 1. The van der Waals surface area contributed by atoms with E-state index in [9.17, 15) is 13.2 Å². The third-order valence-electron chi connectivity index (χ3n) is 1.72. The first kappa shape index (κ1) is 14.4. The van der Waals surface area contributed by atoms with Gasteiger partial charge < -0.3 is 9.84 Å². The third-order valence-corrected chi connectivity index (χ3v) is 3.20. The standard InChI is InChI=1S/C9H18O5S/c1-8(2)3-4-14-5-6-15(12,13)7-9(10)11/h8H,3-7H2,1-2H3,(H,10,11). The van der Waals surface area contributed by atoms with Crippen molar-refractivity contribution in [2.75, 3.05) is 24.7 Å². The summed E-state index contributed by atoms with van der Waals surface area (Å²) < 4.78 is 27.2. The minimum absolute atomic E-state index is 0.0718. The van der Waals surface area contributed by atoms with Crippen LogP contribution in [0.3, 0.4) is 0 Å². The van der Waals surface area contributed by atoms with Crippen molar-refractivity contribution < 1.29 is 23.1 Å². The van der Waals surface area contributed by atoms with Crippen molar-refractivity contribution in [2.45, 2.75) is 20.3 Å². The van der Waals surface area contributed by atoms with Gasteiger partial charge >= 0.3 is 5.97 Å². The fourth-order valence-electron chi connectivity index (χ4n) is 0.867. The topological polar surface area (TPSA) is 80.7 Å². The van der Waals surface area contributed by atoms with Gasteiger partial charge in [-0.05, 0) is 12.3 Å². The Labute approximate surface area is 90.4 Å². The number of aliphatic carboxylic acids is 1. The molecule has 0 saturated heterocycles. The summed E-state index contributed by atoms with van der Waals surface area (Å²) in [6, 6.07) is 0. The third kappa shape index (κ3) is 9.68. The molecule has 0 bridgehead atoms. The average Bonchev–Trinajstić information content (AvgIpc) is 1.99. The molecule has 0 rings (SSSR count). The van der Waals surface area contributed by atoms with Gasteiger partial charge in [-0.15, -0.1) is 0 Å². The fraction of sp³-hybridized carbons (Fsp3) is 0.889. The second-order valence-corrected chi connectivity index (χ2v) is 5.96. The van der Waals surface area contributed by atoms with Crippen LogP contribution in [0.4, 0.5) is 0 Å². The van der Waals surface area contributed by atoms with Crippen molar-refractivity contribution in [1.29, 1.82) is 0 Å². The molecule has 0 aliphatic heterocycles. The summed E-state index contributed by atoms with van der Waals surface area (Å²) in [5, 5.41) is 8.30. The molecule has 0 fully saturated rings. The Balaban J connectivity index is 3.63. The Bertz CT molecular complexity index is 281. The predicted molar refractivity (Wildman–Crippen MR) is 56.6 cm³/mol. The van der Waals surface area contributed by atoms with Crippen molar-refractivity contribution >= 4 is 15.8 Å². The summed E-state index contributed by atoms with van der Waals surface area (Å²) in [4.78, 5) is 10.2. The summed E-state index contributed by atoms with van der Waals surface area (Å²) in [6.07, 6.45) is 0.874. The van der Waals surface area contributed by atoms with Gasteiger partial charge in [0.1, 0.15) is 5.75 Å². The van der Waals surface area contributed by atoms with E-state index in [0.29, 0.717) is 12.5 Å². The highest BCUT2D eigenvalue weighted by Gasteiger charge is 2.15. The van der Waals surface area contributed by atoms with Gasteiger partial charge in [-0.1, -0.05) is 13.8 Å². The SMILES string of the molecule is CC(C)CCOCCS(=O)(=O)CC(=O)O. The molecule has 0 radical (unpaired) electrons. The molecule has 0 heterocycles. The van der Waals surface area contributed by atoms with Crippen LogP contribution in [0.1, 0.15) is 20.3 Å². The van der Waals surface area contributed by atoms with Gasteiger partial charge in [-0.3, -0.25) is 4.79 Å². The minimum atomic E-state index is -3.51. The lowest BCUT2D eigenvalue weighted by Gasteiger charge is -2.06. The molecule has 0 aliphatic carbocycles. The van der Waals surface area contributed by atoms with Gasteiger partial charge in [0.25, 0.3) is 0 Å². The number of carboxylic acids is 1. The Hall–Kier alpha value is -0.620. The number of hydrogen-bond donors (Lipinski definition) is 1. The first-order valence-corrected chi connectivity index (χ1v) is 6.65. The van der Waals surface area contributed by atoms with E-state index in [1.54, 1.807) is 0 Å². The molecule has 0 unspecified atom stereocenters. The van der Waals surface area contributed by atoms with Crippen molar-refractivity contribution in [3.63, 3.8) is 0 Å². The van der Waals surface area contributed by atoms with Crippen LogP contribution >= 0.6 is 0 Å². The average molecular weight is 238 g/mol. The highest BCUT2D eigenvalue weighted by molar-refractivity contribution is 7.92. The van der Waals surface area contributed by atoms with E-state index in [1.807, 2.05) is 13.8 Å². The molecule has 15 heavy (non-hydrogen) atoms. The van der Waals surface area contributed by atoms with Crippen molar-refractivity contribution in [3.8, 4) is 0 Å². The van der Waals surface area contributed by atoms with Crippen LogP contribution in [0.2, 0.25) is 0 Å². The highest BCUT2D eigenvalue weighted by Crippen LogP contribution is 1.99. The molecule has 0 aromatic carbocycles. The van der Waals surface area contributed by atoms with Crippen LogP contribution in [0, 0.1) is 5.92 Å². The lowest BCUT2D eigenvalue weighted by atomic mass is 10.1. The summed E-state index contributed by atoms with van der Waals surface area (Å²) in [6.45, 7) is 4.68. The van der Waals surface area contributed by atoms with Crippen molar-refractivity contribution in [1.82, 2.24) is 0 Å². The summed E-state index contributed by atoms with van der Waals surface area (Å²) in [7, 11) is -3.51. The summed E-state index contributed by atoms with van der Waals surface area (Å²) >= 11 is 0. The van der Waals surface area contributed by atoms with Crippen LogP contribution in [0.25, 0.3) is 0 Å². The van der Waals surface area contributed by atoms with Gasteiger partial charge in [0.05, 0.1) is 12.4 Å². The molecule has 0 aromatic rings. The second kappa shape index (κ2) is 6.79. The van der Waals surface area contributed by atoms with Crippen LogP contribution in [0.15, 0.2) is 0 Å². The first-order valence-electron chi connectivity index (χ1n) is 4.83. The maximum Gasteiger partial charge on any atom is 0.318 e. The van der Waals surface area contributed by atoms with E-state index in [0.717, 1.165) is 6.42 Å². The van der Waals surface area contributed by atoms with Gasteiger partial charge in [0.15, 0.2) is 9.84 Å². The lowest BCUT2D eigenvalue weighted by molar-refractivity contribution is -0.134. The Morgan fingerprint density at radius 1 is 1.33 bits per heavy atom. The molecule has 90 valence electrons. The molecule has 0 atom stereocenters. The molecule has 0 amide bonds. The van der Waals surface area contributed by atoms with E-state index in [-0.39, 0.29) is 12.4 Å². The summed E-state index contributed by atoms with van der Waals surface area (Å²) in [5.41, 5.74) is 0. The Morgan fingerprint density at radius 3 is 2.40 bits per heavy atom. The summed E-state index contributed by atoms with van der Waals surface area (Å²) in [5.74, 6) is -1.85. The molecule has 0 saturated carbocycles. The smallest absolute Gasteiger partial charge is 0.318 e. The molecule has 1 N–H and O–H groups in total. The van der Waals surface area contributed by atoms with E-state index in [2.05, 4.69) is 0 Å². The van der Waals surface area contributed by atoms with E-state index in [1.165, 1.54) is 0 Å². The molecular weight excluding hydrogens is 220 g/mol. The highest BCUT2D eigenvalue weighted by atomic mass is 32.2. The molecule has 5 nitrogen and oxygen atoms in total. The first-order chi connectivity index (χ1) is 6.83. The second-order valence-electron chi connectivity index (χ2n) is 3.78. The minimum Gasteiger partial charge on any atom is -0.480 e. The number of ether oxygens (including phenoxy) is 1. The maximum absolute atomic E-state index is 11.1. The fourth-order valence-corrected chi connectivity index (χ4v) is 1.76. The van der Waals surface area contributed by atoms with Crippen LogP contribution in [-0.4, -0.2) is 44.2 Å². The number of hydrogen-bond acceptors (Lipinski definition) is 4. The monoisotopic (exact) mass is 238 g/mol.